The molecule has 0 spiro atoms. The van der Waals surface area contributed by atoms with Crippen molar-refractivity contribution in [2.24, 2.45) is 0 Å². The summed E-state index contributed by atoms with van der Waals surface area (Å²) in [6.45, 7) is 0.378. The zero-order valence-electron chi connectivity index (χ0n) is 11.8. The van der Waals surface area contributed by atoms with Crippen LogP contribution >= 0.6 is 0 Å². The smallest absolute Gasteiger partial charge is 0.240 e. The second kappa shape index (κ2) is 5.23. The Hall–Kier alpha value is -1.31. The highest BCUT2D eigenvalue weighted by Crippen LogP contribution is 2.35. The molecule has 1 aliphatic rings. The number of rotatable bonds is 5. The number of hydrogen-bond donors (Lipinski definition) is 3. The van der Waals surface area contributed by atoms with Crippen molar-refractivity contribution in [3.05, 3.63) is 18.2 Å². The highest BCUT2D eigenvalue weighted by molar-refractivity contribution is 7.89. The second-order valence-corrected chi connectivity index (χ2v) is 7.28. The summed E-state index contributed by atoms with van der Waals surface area (Å²) in [5.41, 5.74) is 5.50. The summed E-state index contributed by atoms with van der Waals surface area (Å²) in [5.74, 6) is -0.118. The van der Waals surface area contributed by atoms with Crippen molar-refractivity contribution in [2.45, 2.75) is 29.7 Å². The lowest BCUT2D eigenvalue weighted by Crippen LogP contribution is -2.57. The van der Waals surface area contributed by atoms with E-state index in [0.717, 1.165) is 19.3 Å². The summed E-state index contributed by atoms with van der Waals surface area (Å²) in [6.07, 6.45) is 3.09. The number of phenols is 1. The predicted molar refractivity (Wildman–Crippen MR) is 78.0 cm³/mol. The van der Waals surface area contributed by atoms with Crippen molar-refractivity contribution in [1.29, 1.82) is 0 Å². The van der Waals surface area contributed by atoms with Crippen LogP contribution in [0.5, 0.6) is 5.75 Å². The summed E-state index contributed by atoms with van der Waals surface area (Å²) in [5, 5.41) is 9.34. The topological polar surface area (TPSA) is 95.7 Å². The Morgan fingerprint density at radius 1 is 1.40 bits per heavy atom. The first-order chi connectivity index (χ1) is 9.27. The molecule has 1 aromatic rings. The number of likely N-dealkylation sites (N-methyl/N-ethyl adjacent to an activating group) is 1. The predicted octanol–water partition coefficient (Wildman–Crippen LogP) is 0.737. The van der Waals surface area contributed by atoms with Gasteiger partial charge >= 0.3 is 0 Å². The van der Waals surface area contributed by atoms with Crippen molar-refractivity contribution in [1.82, 2.24) is 9.62 Å². The van der Waals surface area contributed by atoms with E-state index < -0.39 is 10.0 Å². The number of nitrogens with zero attached hydrogens (tertiary/aromatic N) is 1. The fourth-order valence-corrected chi connectivity index (χ4v) is 3.53. The highest BCUT2D eigenvalue weighted by atomic mass is 32.2. The third kappa shape index (κ3) is 2.74. The van der Waals surface area contributed by atoms with Gasteiger partial charge in [-0.1, -0.05) is 0 Å². The lowest BCUT2D eigenvalue weighted by Gasteiger charge is -2.47. The Bertz CT molecular complexity index is 595. The molecule has 7 heteroatoms. The molecule has 112 valence electrons. The minimum absolute atomic E-state index is 0.0545. The minimum atomic E-state index is -3.61. The quantitative estimate of drug-likeness (QED) is 0.550. The lowest BCUT2D eigenvalue weighted by molar-refractivity contribution is 0.0657. The Morgan fingerprint density at radius 3 is 2.50 bits per heavy atom. The number of hydrogen-bond acceptors (Lipinski definition) is 5. The first kappa shape index (κ1) is 15.1. The standard InChI is InChI=1S/C13H21N3O3S/c1-16(2)13(6-3-7-13)9-15-20(18,19)10-4-5-12(17)11(14)8-10/h4-5,8,15,17H,3,6-7,9,14H2,1-2H3. The van der Waals surface area contributed by atoms with Crippen LogP contribution in [0.15, 0.2) is 23.1 Å². The number of nitrogens with one attached hydrogen (secondary N) is 1. The van der Waals surface area contributed by atoms with Gasteiger partial charge in [0, 0.05) is 12.1 Å². The van der Waals surface area contributed by atoms with Crippen molar-refractivity contribution in [3.8, 4) is 5.75 Å². The largest absolute Gasteiger partial charge is 0.506 e. The van der Waals surface area contributed by atoms with Gasteiger partial charge in [-0.2, -0.15) is 0 Å². The number of anilines is 1. The maximum absolute atomic E-state index is 12.2. The molecule has 6 nitrogen and oxygen atoms in total. The average molecular weight is 299 g/mol. The van der Waals surface area contributed by atoms with E-state index in [4.69, 9.17) is 5.73 Å². The zero-order valence-corrected chi connectivity index (χ0v) is 12.6. The molecule has 1 saturated carbocycles. The van der Waals surface area contributed by atoms with Gasteiger partial charge in [0.2, 0.25) is 10.0 Å². The first-order valence-electron chi connectivity index (χ1n) is 6.52. The van der Waals surface area contributed by atoms with Crippen LogP contribution in [0.2, 0.25) is 0 Å². The Kier molecular flexibility index (Phi) is 3.95. The summed E-state index contributed by atoms with van der Waals surface area (Å²) >= 11 is 0. The normalized spacial score (nSPS) is 17.9. The number of phenolic OH excluding ortho intramolecular Hbond substituents is 1. The van der Waals surface area contributed by atoms with Gasteiger partial charge in [0.1, 0.15) is 5.75 Å². The number of nitrogen functional groups attached to an aromatic ring is 1. The molecule has 2 rings (SSSR count). The molecule has 0 aliphatic heterocycles. The molecule has 0 atom stereocenters. The summed E-state index contributed by atoms with van der Waals surface area (Å²) < 4.78 is 27.1. The first-order valence-corrected chi connectivity index (χ1v) is 8.01. The molecule has 0 aromatic heterocycles. The van der Waals surface area contributed by atoms with Crippen molar-refractivity contribution in [3.63, 3.8) is 0 Å². The molecule has 1 aliphatic carbocycles. The molecular formula is C13H21N3O3S. The van der Waals surface area contributed by atoms with Crippen LogP contribution in [-0.4, -0.2) is 44.6 Å². The van der Waals surface area contributed by atoms with Gasteiger partial charge in [-0.25, -0.2) is 13.1 Å². The maximum atomic E-state index is 12.2. The molecule has 0 radical (unpaired) electrons. The van der Waals surface area contributed by atoms with Gasteiger partial charge in [-0.15, -0.1) is 0 Å². The number of aromatic hydroxyl groups is 1. The van der Waals surface area contributed by atoms with Gasteiger partial charge in [0.15, 0.2) is 0 Å². The van der Waals surface area contributed by atoms with Crippen molar-refractivity contribution < 1.29 is 13.5 Å². The fraction of sp³-hybridized carbons (Fsp3) is 0.538. The van der Waals surface area contributed by atoms with E-state index in [-0.39, 0.29) is 21.9 Å². The molecule has 0 amide bonds. The molecular weight excluding hydrogens is 278 g/mol. The summed E-state index contributed by atoms with van der Waals surface area (Å²) in [4.78, 5) is 2.14. The van der Waals surface area contributed by atoms with E-state index in [0.29, 0.717) is 6.54 Å². The Morgan fingerprint density at radius 2 is 2.05 bits per heavy atom. The van der Waals surface area contributed by atoms with E-state index in [1.165, 1.54) is 18.2 Å². The molecule has 1 aromatic carbocycles. The van der Waals surface area contributed by atoms with Crippen LogP contribution in [0.25, 0.3) is 0 Å². The fourth-order valence-electron chi connectivity index (χ4n) is 2.38. The molecule has 4 N–H and O–H groups in total. The molecule has 0 bridgehead atoms. The van der Waals surface area contributed by atoms with Crippen LogP contribution in [0.4, 0.5) is 5.69 Å². The summed E-state index contributed by atoms with van der Waals surface area (Å²) in [7, 11) is 0.318. The maximum Gasteiger partial charge on any atom is 0.240 e. The zero-order chi connectivity index (χ0) is 15.0. The van der Waals surface area contributed by atoms with E-state index in [9.17, 15) is 13.5 Å². The van der Waals surface area contributed by atoms with Gasteiger partial charge in [0.25, 0.3) is 0 Å². The average Bonchev–Trinajstić information content (AvgIpc) is 2.30. The van der Waals surface area contributed by atoms with Gasteiger partial charge < -0.3 is 15.7 Å². The Labute approximate surface area is 119 Å². The van der Waals surface area contributed by atoms with Crippen LogP contribution in [0.3, 0.4) is 0 Å². The van der Waals surface area contributed by atoms with Crippen LogP contribution in [0, 0.1) is 0 Å². The third-order valence-electron chi connectivity index (χ3n) is 4.13. The minimum Gasteiger partial charge on any atom is -0.506 e. The van der Waals surface area contributed by atoms with Crippen molar-refractivity contribution in [2.75, 3.05) is 26.4 Å². The van der Waals surface area contributed by atoms with E-state index in [2.05, 4.69) is 9.62 Å². The van der Waals surface area contributed by atoms with E-state index in [1.807, 2.05) is 14.1 Å². The third-order valence-corrected chi connectivity index (χ3v) is 5.53. The monoisotopic (exact) mass is 299 g/mol. The number of nitrogens with two attached hydrogens (primary N) is 1. The Balaban J connectivity index is 2.13. The van der Waals surface area contributed by atoms with Gasteiger partial charge in [0.05, 0.1) is 10.6 Å². The number of benzene rings is 1. The molecule has 0 heterocycles. The molecule has 0 unspecified atom stereocenters. The van der Waals surface area contributed by atoms with Crippen LogP contribution < -0.4 is 10.5 Å². The molecule has 20 heavy (non-hydrogen) atoms. The van der Waals surface area contributed by atoms with Gasteiger partial charge in [-0.05, 0) is 51.6 Å². The highest BCUT2D eigenvalue weighted by Gasteiger charge is 2.39. The van der Waals surface area contributed by atoms with Crippen molar-refractivity contribution >= 4 is 15.7 Å². The SMILES string of the molecule is CN(C)C1(CNS(=O)(=O)c2ccc(O)c(N)c2)CCC1. The summed E-state index contributed by atoms with van der Waals surface area (Å²) in [6, 6.07) is 3.90. The number of sulfonamides is 1. The van der Waals surface area contributed by atoms with Gasteiger partial charge in [-0.3, -0.25) is 0 Å². The molecule has 0 saturated heterocycles. The molecule has 1 fully saturated rings. The van der Waals surface area contributed by atoms with E-state index >= 15 is 0 Å². The van der Waals surface area contributed by atoms with Crippen LogP contribution in [0.1, 0.15) is 19.3 Å². The second-order valence-electron chi connectivity index (χ2n) is 5.52. The lowest BCUT2D eigenvalue weighted by atomic mass is 9.76. The van der Waals surface area contributed by atoms with E-state index in [1.54, 1.807) is 0 Å². The van der Waals surface area contributed by atoms with Crippen LogP contribution in [-0.2, 0) is 10.0 Å².